The predicted octanol–water partition coefficient (Wildman–Crippen LogP) is 2.81. The standard InChI is InChI=1S/C22H23FN4O2/c23-19-5-1-17(2-6-19)21(26-11-13-29-14-12-26)15-25-22(28)18-3-7-20(8-4-18)27-10-9-24-16-27/h1-10,16,21H,11-15H2,(H,25,28). The lowest BCUT2D eigenvalue weighted by atomic mass is 10.0. The second-order valence-corrected chi connectivity index (χ2v) is 6.94. The smallest absolute Gasteiger partial charge is 0.251 e. The zero-order valence-corrected chi connectivity index (χ0v) is 16.0. The Morgan fingerprint density at radius 2 is 1.83 bits per heavy atom. The number of benzene rings is 2. The lowest BCUT2D eigenvalue weighted by Gasteiger charge is -2.35. The van der Waals surface area contributed by atoms with E-state index in [1.807, 2.05) is 22.9 Å². The summed E-state index contributed by atoms with van der Waals surface area (Å²) < 4.78 is 20.7. The zero-order chi connectivity index (χ0) is 20.1. The van der Waals surface area contributed by atoms with E-state index in [0.717, 1.165) is 24.3 Å². The lowest BCUT2D eigenvalue weighted by Crippen LogP contribution is -2.43. The third kappa shape index (κ3) is 4.70. The minimum atomic E-state index is -0.267. The van der Waals surface area contributed by atoms with Crippen molar-refractivity contribution in [2.45, 2.75) is 6.04 Å². The Balaban J connectivity index is 1.44. The third-order valence-electron chi connectivity index (χ3n) is 5.13. The van der Waals surface area contributed by atoms with E-state index < -0.39 is 0 Å². The highest BCUT2D eigenvalue weighted by Crippen LogP contribution is 2.22. The van der Waals surface area contributed by atoms with Crippen LogP contribution in [0.4, 0.5) is 4.39 Å². The van der Waals surface area contributed by atoms with Gasteiger partial charge in [0.15, 0.2) is 0 Å². The first-order valence-electron chi connectivity index (χ1n) is 9.64. The maximum Gasteiger partial charge on any atom is 0.251 e. The molecular weight excluding hydrogens is 371 g/mol. The van der Waals surface area contributed by atoms with E-state index in [-0.39, 0.29) is 17.8 Å². The lowest BCUT2D eigenvalue weighted by molar-refractivity contribution is 0.0162. The fraction of sp³-hybridized carbons (Fsp3) is 0.273. The third-order valence-corrected chi connectivity index (χ3v) is 5.13. The van der Waals surface area contributed by atoms with Crippen molar-refractivity contribution in [2.24, 2.45) is 0 Å². The molecule has 3 aromatic rings. The number of carbonyl (C=O) groups is 1. The molecule has 1 saturated heterocycles. The van der Waals surface area contributed by atoms with Gasteiger partial charge >= 0.3 is 0 Å². The molecule has 2 aromatic carbocycles. The summed E-state index contributed by atoms with van der Waals surface area (Å²) in [5.41, 5.74) is 2.51. The summed E-state index contributed by atoms with van der Waals surface area (Å²) >= 11 is 0. The van der Waals surface area contributed by atoms with Gasteiger partial charge in [-0.05, 0) is 42.0 Å². The van der Waals surface area contributed by atoms with Gasteiger partial charge in [-0.15, -0.1) is 0 Å². The van der Waals surface area contributed by atoms with Gasteiger partial charge in [-0.1, -0.05) is 12.1 Å². The number of imidazole rings is 1. The van der Waals surface area contributed by atoms with Crippen LogP contribution in [-0.2, 0) is 4.74 Å². The van der Waals surface area contributed by atoms with Gasteiger partial charge < -0.3 is 14.6 Å². The van der Waals surface area contributed by atoms with Crippen LogP contribution in [0.25, 0.3) is 5.69 Å². The van der Waals surface area contributed by atoms with Crippen molar-refractivity contribution in [2.75, 3.05) is 32.8 Å². The van der Waals surface area contributed by atoms with E-state index in [0.29, 0.717) is 25.3 Å². The molecule has 4 rings (SSSR count). The van der Waals surface area contributed by atoms with Crippen LogP contribution in [0.2, 0.25) is 0 Å². The molecule has 150 valence electrons. The fourth-order valence-corrected chi connectivity index (χ4v) is 3.52. The molecule has 0 aliphatic carbocycles. The number of hydrogen-bond donors (Lipinski definition) is 1. The molecule has 0 saturated carbocycles. The van der Waals surface area contributed by atoms with Crippen molar-refractivity contribution in [3.05, 3.63) is 84.2 Å². The van der Waals surface area contributed by atoms with E-state index in [1.165, 1.54) is 12.1 Å². The Hall–Kier alpha value is -3.03. The SMILES string of the molecule is O=C(NCC(c1ccc(F)cc1)N1CCOCC1)c1ccc(-n2ccnc2)cc1. The van der Waals surface area contributed by atoms with Crippen LogP contribution < -0.4 is 5.32 Å². The van der Waals surface area contributed by atoms with Gasteiger partial charge in [0, 0.05) is 43.3 Å². The molecule has 29 heavy (non-hydrogen) atoms. The predicted molar refractivity (Wildman–Crippen MR) is 107 cm³/mol. The van der Waals surface area contributed by atoms with E-state index >= 15 is 0 Å². The number of aromatic nitrogens is 2. The number of ether oxygens (including phenoxy) is 1. The Morgan fingerprint density at radius 3 is 2.48 bits per heavy atom. The van der Waals surface area contributed by atoms with Crippen LogP contribution in [0.15, 0.2) is 67.3 Å². The highest BCUT2D eigenvalue weighted by molar-refractivity contribution is 5.94. The molecule has 0 radical (unpaired) electrons. The second-order valence-electron chi connectivity index (χ2n) is 6.94. The van der Waals surface area contributed by atoms with Gasteiger partial charge in [0.1, 0.15) is 5.82 Å². The molecule has 2 heterocycles. The van der Waals surface area contributed by atoms with Crippen LogP contribution in [0.3, 0.4) is 0 Å². The van der Waals surface area contributed by atoms with Gasteiger partial charge in [-0.25, -0.2) is 9.37 Å². The number of nitrogens with one attached hydrogen (secondary N) is 1. The van der Waals surface area contributed by atoms with Crippen LogP contribution in [0.1, 0.15) is 22.0 Å². The van der Waals surface area contributed by atoms with Gasteiger partial charge in [0.05, 0.1) is 25.6 Å². The molecule has 1 atom stereocenters. The van der Waals surface area contributed by atoms with Crippen molar-refractivity contribution in [1.82, 2.24) is 19.8 Å². The Morgan fingerprint density at radius 1 is 1.10 bits per heavy atom. The molecule has 1 unspecified atom stereocenters. The minimum Gasteiger partial charge on any atom is -0.379 e. The van der Waals surface area contributed by atoms with Gasteiger partial charge in [0.25, 0.3) is 5.91 Å². The maximum absolute atomic E-state index is 13.4. The van der Waals surface area contributed by atoms with E-state index in [2.05, 4.69) is 15.2 Å². The summed E-state index contributed by atoms with van der Waals surface area (Å²) in [6.07, 6.45) is 5.28. The fourth-order valence-electron chi connectivity index (χ4n) is 3.52. The quantitative estimate of drug-likeness (QED) is 0.699. The number of morpholine rings is 1. The number of hydrogen-bond acceptors (Lipinski definition) is 4. The highest BCUT2D eigenvalue weighted by atomic mass is 19.1. The number of rotatable bonds is 6. The number of halogens is 1. The molecule has 0 spiro atoms. The first-order valence-corrected chi connectivity index (χ1v) is 9.64. The largest absolute Gasteiger partial charge is 0.379 e. The molecule has 1 fully saturated rings. The Kier molecular flexibility index (Phi) is 5.97. The molecule has 1 aliphatic rings. The summed E-state index contributed by atoms with van der Waals surface area (Å²) in [4.78, 5) is 19.0. The summed E-state index contributed by atoms with van der Waals surface area (Å²) in [6.45, 7) is 3.30. The highest BCUT2D eigenvalue weighted by Gasteiger charge is 2.23. The van der Waals surface area contributed by atoms with E-state index in [4.69, 9.17) is 4.74 Å². The van der Waals surface area contributed by atoms with Gasteiger partial charge in [-0.2, -0.15) is 0 Å². The number of nitrogens with zero attached hydrogens (tertiary/aromatic N) is 3. The average molecular weight is 394 g/mol. The number of amides is 1. The topological polar surface area (TPSA) is 59.4 Å². The molecule has 7 heteroatoms. The Bertz CT molecular complexity index is 920. The molecule has 1 aliphatic heterocycles. The van der Waals surface area contributed by atoms with Crippen molar-refractivity contribution < 1.29 is 13.9 Å². The Labute approximate surface area is 168 Å². The molecule has 1 N–H and O–H groups in total. The summed E-state index contributed by atoms with van der Waals surface area (Å²) in [5.74, 6) is -0.404. The second kappa shape index (κ2) is 8.98. The van der Waals surface area contributed by atoms with E-state index in [9.17, 15) is 9.18 Å². The monoisotopic (exact) mass is 394 g/mol. The average Bonchev–Trinajstić information content (AvgIpc) is 3.31. The summed E-state index contributed by atoms with van der Waals surface area (Å²) in [6, 6.07) is 13.8. The van der Waals surface area contributed by atoms with Gasteiger partial charge in [0.2, 0.25) is 0 Å². The van der Waals surface area contributed by atoms with Gasteiger partial charge in [-0.3, -0.25) is 9.69 Å². The molecular formula is C22H23FN4O2. The van der Waals surface area contributed by atoms with Crippen molar-refractivity contribution in [1.29, 1.82) is 0 Å². The first kappa shape index (κ1) is 19.3. The molecule has 1 amide bonds. The molecule has 1 aromatic heterocycles. The summed E-state index contributed by atoms with van der Waals surface area (Å²) in [5, 5.41) is 3.03. The van der Waals surface area contributed by atoms with E-state index in [1.54, 1.807) is 36.8 Å². The molecule has 6 nitrogen and oxygen atoms in total. The summed E-state index contributed by atoms with van der Waals surface area (Å²) in [7, 11) is 0. The first-order chi connectivity index (χ1) is 14.2. The van der Waals surface area contributed by atoms with Crippen molar-refractivity contribution in [3.8, 4) is 5.69 Å². The zero-order valence-electron chi connectivity index (χ0n) is 16.0. The maximum atomic E-state index is 13.4. The van der Waals surface area contributed by atoms with Crippen LogP contribution in [0.5, 0.6) is 0 Å². The van der Waals surface area contributed by atoms with Crippen LogP contribution in [0, 0.1) is 5.82 Å². The van der Waals surface area contributed by atoms with Crippen LogP contribution in [-0.4, -0.2) is 53.2 Å². The van der Waals surface area contributed by atoms with Crippen LogP contribution >= 0.6 is 0 Å². The van der Waals surface area contributed by atoms with Crippen molar-refractivity contribution in [3.63, 3.8) is 0 Å². The normalized spacial score (nSPS) is 15.8. The number of carbonyl (C=O) groups excluding carboxylic acids is 1. The minimum absolute atomic E-state index is 0.0336. The van der Waals surface area contributed by atoms with Crippen molar-refractivity contribution >= 4 is 5.91 Å². The molecule has 0 bridgehead atoms.